The second kappa shape index (κ2) is 7.43. The van der Waals surface area contributed by atoms with Crippen molar-refractivity contribution in [2.45, 2.75) is 32.6 Å². The number of amides is 1. The number of rotatable bonds is 7. The van der Waals surface area contributed by atoms with Gasteiger partial charge in [0, 0.05) is 30.0 Å². The summed E-state index contributed by atoms with van der Waals surface area (Å²) in [5, 5.41) is 0.727. The summed E-state index contributed by atoms with van der Waals surface area (Å²) in [4.78, 5) is 28.0. The van der Waals surface area contributed by atoms with Crippen molar-refractivity contribution in [2.75, 3.05) is 0 Å². The zero-order valence-corrected chi connectivity index (χ0v) is 15.8. The van der Waals surface area contributed by atoms with Crippen molar-refractivity contribution in [1.29, 1.82) is 0 Å². The first-order valence-electron chi connectivity index (χ1n) is 9.47. The van der Waals surface area contributed by atoms with Gasteiger partial charge in [-0.25, -0.2) is 0 Å². The van der Waals surface area contributed by atoms with Gasteiger partial charge < -0.3 is 10.5 Å². The molecule has 142 valence electrons. The maximum Gasteiger partial charge on any atom is 0.248 e. The number of benzene rings is 2. The number of carbonyl (C=O) groups is 2. The quantitative estimate of drug-likeness (QED) is 0.667. The lowest BCUT2D eigenvalue weighted by atomic mass is 10.0. The van der Waals surface area contributed by atoms with Crippen LogP contribution in [0, 0.1) is 12.8 Å². The third-order valence-electron chi connectivity index (χ3n) is 5.08. The predicted octanol–water partition coefficient (Wildman–Crippen LogP) is 4.35. The molecule has 1 aromatic heterocycles. The minimum Gasteiger partial charge on any atom is -0.457 e. The molecular formula is C23H22N2O3. The molecule has 0 saturated heterocycles. The van der Waals surface area contributed by atoms with E-state index in [9.17, 15) is 9.59 Å². The van der Waals surface area contributed by atoms with Crippen LogP contribution in [0.2, 0.25) is 0 Å². The Morgan fingerprint density at radius 1 is 1.14 bits per heavy atom. The van der Waals surface area contributed by atoms with Crippen LogP contribution in [0.4, 0.5) is 0 Å². The van der Waals surface area contributed by atoms with E-state index in [1.807, 2.05) is 37.3 Å². The van der Waals surface area contributed by atoms with E-state index in [-0.39, 0.29) is 0 Å². The van der Waals surface area contributed by atoms with E-state index in [0.717, 1.165) is 22.0 Å². The molecular weight excluding hydrogens is 352 g/mol. The van der Waals surface area contributed by atoms with E-state index in [2.05, 4.69) is 4.98 Å². The molecule has 1 amide bonds. The summed E-state index contributed by atoms with van der Waals surface area (Å²) in [6, 6.07) is 12.9. The topological polar surface area (TPSA) is 82.3 Å². The van der Waals surface area contributed by atoms with Crippen LogP contribution < -0.4 is 10.5 Å². The summed E-state index contributed by atoms with van der Waals surface area (Å²) >= 11 is 0. The molecule has 4 rings (SSSR count). The molecule has 3 aromatic rings. The van der Waals surface area contributed by atoms with Gasteiger partial charge in [0.05, 0.1) is 5.52 Å². The molecule has 0 unspecified atom stereocenters. The number of aryl methyl sites for hydroxylation is 1. The van der Waals surface area contributed by atoms with Gasteiger partial charge in [-0.3, -0.25) is 14.6 Å². The number of ether oxygens (including phenoxy) is 1. The third-order valence-corrected chi connectivity index (χ3v) is 5.08. The highest BCUT2D eigenvalue weighted by Crippen LogP contribution is 2.33. The first-order chi connectivity index (χ1) is 13.5. The van der Waals surface area contributed by atoms with Crippen LogP contribution >= 0.6 is 0 Å². The van der Waals surface area contributed by atoms with Gasteiger partial charge in [-0.15, -0.1) is 0 Å². The van der Waals surface area contributed by atoms with Gasteiger partial charge in [0.2, 0.25) is 5.91 Å². The first kappa shape index (κ1) is 18.2. The maximum atomic E-state index is 12.0. The van der Waals surface area contributed by atoms with Crippen molar-refractivity contribution in [3.05, 3.63) is 65.4 Å². The highest BCUT2D eigenvalue weighted by molar-refractivity contribution is 5.99. The molecule has 0 atom stereocenters. The summed E-state index contributed by atoms with van der Waals surface area (Å²) in [7, 11) is 0. The van der Waals surface area contributed by atoms with Crippen LogP contribution in [0.1, 0.15) is 40.7 Å². The van der Waals surface area contributed by atoms with Crippen LogP contribution in [-0.4, -0.2) is 16.7 Å². The highest BCUT2D eigenvalue weighted by atomic mass is 16.5. The molecule has 1 saturated carbocycles. The summed E-state index contributed by atoms with van der Waals surface area (Å²) in [6.07, 6.45) is 5.22. The third kappa shape index (κ3) is 4.03. The molecule has 1 aliphatic carbocycles. The van der Waals surface area contributed by atoms with Crippen LogP contribution in [0.5, 0.6) is 11.5 Å². The van der Waals surface area contributed by atoms with Crippen LogP contribution in [0.3, 0.4) is 0 Å². The Morgan fingerprint density at radius 3 is 2.57 bits per heavy atom. The Labute approximate surface area is 163 Å². The smallest absolute Gasteiger partial charge is 0.248 e. The fourth-order valence-corrected chi connectivity index (χ4v) is 3.37. The first-order valence-corrected chi connectivity index (χ1v) is 9.47. The number of nitrogens with two attached hydrogens (primary N) is 1. The molecule has 28 heavy (non-hydrogen) atoms. The number of hydrogen-bond acceptors (Lipinski definition) is 4. The zero-order chi connectivity index (χ0) is 19.7. The van der Waals surface area contributed by atoms with E-state index >= 15 is 0 Å². The largest absolute Gasteiger partial charge is 0.457 e. The van der Waals surface area contributed by atoms with E-state index in [1.165, 1.54) is 12.8 Å². The normalized spacial score (nSPS) is 13.5. The minimum absolute atomic E-state index is 0.297. The van der Waals surface area contributed by atoms with Crippen molar-refractivity contribution < 1.29 is 14.3 Å². The summed E-state index contributed by atoms with van der Waals surface area (Å²) in [6.45, 7) is 1.83. The Kier molecular flexibility index (Phi) is 4.82. The van der Waals surface area contributed by atoms with Crippen molar-refractivity contribution in [1.82, 2.24) is 4.98 Å². The lowest BCUT2D eigenvalue weighted by Gasteiger charge is -2.11. The fraction of sp³-hybridized carbons (Fsp3) is 0.261. The molecule has 0 bridgehead atoms. The van der Waals surface area contributed by atoms with Crippen molar-refractivity contribution in [2.24, 2.45) is 11.7 Å². The van der Waals surface area contributed by atoms with Gasteiger partial charge in [-0.1, -0.05) is 12.1 Å². The SMILES string of the molecule is Cc1cc2nccc(Oc3ccc(CC(=O)CC4CC4)cc3)c2cc1C(N)=O. The minimum atomic E-state index is -0.477. The molecule has 0 radical (unpaired) electrons. The van der Waals surface area contributed by atoms with E-state index in [0.29, 0.717) is 41.6 Å². The summed E-state index contributed by atoms with van der Waals surface area (Å²) < 4.78 is 6.02. The summed E-state index contributed by atoms with van der Waals surface area (Å²) in [5.41, 5.74) is 8.43. The number of carbonyl (C=O) groups excluding carboxylic acids is 2. The van der Waals surface area contributed by atoms with Crippen molar-refractivity contribution in [3.63, 3.8) is 0 Å². The van der Waals surface area contributed by atoms with E-state index in [1.54, 1.807) is 18.3 Å². The number of pyridine rings is 1. The number of primary amides is 1. The average molecular weight is 374 g/mol. The lowest BCUT2D eigenvalue weighted by molar-refractivity contribution is -0.118. The average Bonchev–Trinajstić information content (AvgIpc) is 3.46. The monoisotopic (exact) mass is 374 g/mol. The van der Waals surface area contributed by atoms with Gasteiger partial charge in [-0.2, -0.15) is 0 Å². The number of hydrogen-bond donors (Lipinski definition) is 1. The predicted molar refractivity (Wildman–Crippen MR) is 108 cm³/mol. The number of aromatic nitrogens is 1. The molecule has 1 aliphatic rings. The van der Waals surface area contributed by atoms with Gasteiger partial charge in [0.15, 0.2) is 0 Å². The second-order valence-corrected chi connectivity index (χ2v) is 7.47. The molecule has 5 nitrogen and oxygen atoms in total. The fourth-order valence-electron chi connectivity index (χ4n) is 3.37. The molecule has 2 N–H and O–H groups in total. The maximum absolute atomic E-state index is 12.0. The Hall–Kier alpha value is -3.21. The van der Waals surface area contributed by atoms with Crippen molar-refractivity contribution >= 4 is 22.6 Å². The molecule has 1 heterocycles. The van der Waals surface area contributed by atoms with E-state index in [4.69, 9.17) is 10.5 Å². The van der Waals surface area contributed by atoms with Gasteiger partial charge in [0.1, 0.15) is 17.3 Å². The molecule has 5 heteroatoms. The number of fused-ring (bicyclic) bond motifs is 1. The standard InChI is InChI=1S/C23H22N2O3/c1-14-10-21-20(13-19(14)23(24)27)22(8-9-25-21)28-18-6-4-16(5-7-18)12-17(26)11-15-2-3-15/h4-10,13,15H,2-3,11-12H2,1H3,(H2,24,27). The highest BCUT2D eigenvalue weighted by Gasteiger charge is 2.24. The molecule has 1 fully saturated rings. The van der Waals surface area contributed by atoms with Crippen molar-refractivity contribution in [3.8, 4) is 11.5 Å². The lowest BCUT2D eigenvalue weighted by Crippen LogP contribution is -2.12. The van der Waals surface area contributed by atoms with Crippen LogP contribution in [0.15, 0.2) is 48.7 Å². The Balaban J connectivity index is 1.54. The van der Waals surface area contributed by atoms with Crippen LogP contribution in [0.25, 0.3) is 10.9 Å². The number of ketones is 1. The van der Waals surface area contributed by atoms with Crippen LogP contribution in [-0.2, 0) is 11.2 Å². The zero-order valence-electron chi connectivity index (χ0n) is 15.8. The van der Waals surface area contributed by atoms with Gasteiger partial charge in [0.25, 0.3) is 0 Å². The number of nitrogens with zero attached hydrogens (tertiary/aromatic N) is 1. The van der Waals surface area contributed by atoms with E-state index < -0.39 is 5.91 Å². The second-order valence-electron chi connectivity index (χ2n) is 7.47. The number of Topliss-reactive ketones (excluding diaryl/α,β-unsaturated/α-hetero) is 1. The Morgan fingerprint density at radius 2 is 1.89 bits per heavy atom. The molecule has 0 spiro atoms. The van der Waals surface area contributed by atoms with Gasteiger partial charge in [-0.05, 0) is 67.1 Å². The molecule has 0 aliphatic heterocycles. The van der Waals surface area contributed by atoms with Gasteiger partial charge >= 0.3 is 0 Å². The Bertz CT molecular complexity index is 1050. The summed E-state index contributed by atoms with van der Waals surface area (Å²) in [5.74, 6) is 1.70. The molecule has 2 aromatic carbocycles.